The zero-order valence-corrected chi connectivity index (χ0v) is 9.80. The van der Waals surface area contributed by atoms with E-state index in [-0.39, 0.29) is 11.2 Å². The summed E-state index contributed by atoms with van der Waals surface area (Å²) in [4.78, 5) is 22.5. The van der Waals surface area contributed by atoms with Gasteiger partial charge in [-0.05, 0) is 24.7 Å². The first-order chi connectivity index (χ1) is 6.75. The lowest BCUT2D eigenvalue weighted by atomic mass is 9.66. The lowest BCUT2D eigenvalue weighted by Crippen LogP contribution is -2.38. The van der Waals surface area contributed by atoms with Crippen molar-refractivity contribution in [2.75, 3.05) is 0 Å². The molecule has 1 rings (SSSR count). The van der Waals surface area contributed by atoms with Gasteiger partial charge in [0.25, 0.3) is 0 Å². The van der Waals surface area contributed by atoms with E-state index in [9.17, 15) is 14.7 Å². The third kappa shape index (κ3) is 3.05. The Bertz CT molecular complexity index is 263. The largest absolute Gasteiger partial charge is 0.481 e. The van der Waals surface area contributed by atoms with Crippen LogP contribution in [-0.2, 0) is 9.59 Å². The van der Waals surface area contributed by atoms with Gasteiger partial charge in [-0.1, -0.05) is 20.8 Å². The fourth-order valence-electron chi connectivity index (χ4n) is 2.49. The van der Waals surface area contributed by atoms with Crippen LogP contribution < -0.4 is 0 Å². The molecule has 86 valence electrons. The quantitative estimate of drug-likeness (QED) is 0.765. The monoisotopic (exact) mass is 212 g/mol. The van der Waals surface area contributed by atoms with Crippen molar-refractivity contribution in [1.29, 1.82) is 0 Å². The van der Waals surface area contributed by atoms with Crippen LogP contribution in [-0.4, -0.2) is 16.9 Å². The van der Waals surface area contributed by atoms with Gasteiger partial charge in [0, 0.05) is 12.8 Å². The summed E-state index contributed by atoms with van der Waals surface area (Å²) in [6, 6.07) is 0. The van der Waals surface area contributed by atoms with E-state index in [4.69, 9.17) is 0 Å². The molecule has 0 amide bonds. The summed E-state index contributed by atoms with van der Waals surface area (Å²) in [5.74, 6) is -0.522. The molecular formula is C12H20O3. The molecule has 0 aromatic carbocycles. The Kier molecular flexibility index (Phi) is 3.22. The maximum Gasteiger partial charge on any atom is 0.309 e. The molecule has 15 heavy (non-hydrogen) atoms. The number of ketones is 1. The van der Waals surface area contributed by atoms with Crippen molar-refractivity contribution >= 4 is 11.8 Å². The predicted octanol–water partition coefficient (Wildman–Crippen LogP) is 2.64. The molecule has 1 N–H and O–H groups in total. The molecule has 1 aliphatic rings. The maximum absolute atomic E-state index is 11.3. The number of hydrogen-bond donors (Lipinski definition) is 1. The molecule has 0 radical (unpaired) electrons. The number of carboxylic acids is 1. The number of carboxylic acid groups (broad SMARTS) is 1. The number of carbonyl (C=O) groups is 2. The molecule has 0 heterocycles. The SMILES string of the molecule is CC(C)(C)CC1(C(=O)O)CCC(=O)CC1. The summed E-state index contributed by atoms with van der Waals surface area (Å²) < 4.78 is 0. The van der Waals surface area contributed by atoms with Gasteiger partial charge in [-0.3, -0.25) is 9.59 Å². The molecule has 3 heteroatoms. The highest BCUT2D eigenvalue weighted by molar-refractivity contribution is 5.83. The lowest BCUT2D eigenvalue weighted by molar-refractivity contribution is -0.154. The highest BCUT2D eigenvalue weighted by atomic mass is 16.4. The lowest BCUT2D eigenvalue weighted by Gasteiger charge is -2.37. The topological polar surface area (TPSA) is 54.4 Å². The van der Waals surface area contributed by atoms with E-state index in [0.717, 1.165) is 0 Å². The standard InChI is InChI=1S/C12H20O3/c1-11(2,3)8-12(10(14)15)6-4-9(13)5-7-12/h4-8H2,1-3H3,(H,14,15). The van der Waals surface area contributed by atoms with Crippen LogP contribution in [0.1, 0.15) is 52.9 Å². The van der Waals surface area contributed by atoms with Crippen LogP contribution in [0.2, 0.25) is 0 Å². The van der Waals surface area contributed by atoms with Crippen LogP contribution in [0.4, 0.5) is 0 Å². The summed E-state index contributed by atoms with van der Waals surface area (Å²) in [5, 5.41) is 9.33. The minimum Gasteiger partial charge on any atom is -0.481 e. The fraction of sp³-hybridized carbons (Fsp3) is 0.833. The Morgan fingerprint density at radius 3 is 2.13 bits per heavy atom. The summed E-state index contributed by atoms with van der Waals surface area (Å²) in [6.45, 7) is 6.15. The van der Waals surface area contributed by atoms with Crippen molar-refractivity contribution in [3.63, 3.8) is 0 Å². The second kappa shape index (κ2) is 3.95. The Hall–Kier alpha value is -0.860. The second-order valence-corrected chi connectivity index (χ2v) is 5.86. The van der Waals surface area contributed by atoms with Gasteiger partial charge in [-0.25, -0.2) is 0 Å². The van der Waals surface area contributed by atoms with Crippen molar-refractivity contribution in [3.8, 4) is 0 Å². The van der Waals surface area contributed by atoms with Gasteiger partial charge >= 0.3 is 5.97 Å². The van der Waals surface area contributed by atoms with Crippen molar-refractivity contribution in [3.05, 3.63) is 0 Å². The predicted molar refractivity (Wildman–Crippen MR) is 57.6 cm³/mol. The van der Waals surface area contributed by atoms with Crippen molar-refractivity contribution in [2.24, 2.45) is 10.8 Å². The van der Waals surface area contributed by atoms with Gasteiger partial charge < -0.3 is 5.11 Å². The molecule has 0 bridgehead atoms. The number of aliphatic carboxylic acids is 1. The molecule has 0 aliphatic heterocycles. The van der Waals surface area contributed by atoms with E-state index < -0.39 is 11.4 Å². The Morgan fingerprint density at radius 2 is 1.80 bits per heavy atom. The maximum atomic E-state index is 11.3. The zero-order chi connectivity index (χ0) is 11.7. The fourth-order valence-corrected chi connectivity index (χ4v) is 2.49. The summed E-state index contributed by atoms with van der Waals surface area (Å²) in [6.07, 6.45) is 2.55. The van der Waals surface area contributed by atoms with E-state index in [1.807, 2.05) is 20.8 Å². The first-order valence-electron chi connectivity index (χ1n) is 5.50. The molecule has 3 nitrogen and oxygen atoms in total. The normalized spacial score (nSPS) is 21.4. The smallest absolute Gasteiger partial charge is 0.309 e. The van der Waals surface area contributed by atoms with Gasteiger partial charge in [-0.2, -0.15) is 0 Å². The first kappa shape index (κ1) is 12.2. The van der Waals surface area contributed by atoms with Crippen molar-refractivity contribution in [1.82, 2.24) is 0 Å². The molecule has 0 aromatic heterocycles. The Labute approximate surface area is 90.9 Å². The molecule has 0 atom stereocenters. The summed E-state index contributed by atoms with van der Waals surface area (Å²) in [7, 11) is 0. The van der Waals surface area contributed by atoms with E-state index >= 15 is 0 Å². The minimum atomic E-state index is -0.732. The molecule has 1 aliphatic carbocycles. The molecule has 0 spiro atoms. The highest BCUT2D eigenvalue weighted by Crippen LogP contribution is 2.44. The van der Waals surface area contributed by atoms with Gasteiger partial charge in [0.2, 0.25) is 0 Å². The van der Waals surface area contributed by atoms with E-state index in [2.05, 4.69) is 0 Å². The van der Waals surface area contributed by atoms with E-state index in [0.29, 0.717) is 32.1 Å². The number of Topliss-reactive ketones (excluding diaryl/α,β-unsaturated/α-hetero) is 1. The second-order valence-electron chi connectivity index (χ2n) is 5.86. The van der Waals surface area contributed by atoms with Crippen molar-refractivity contribution in [2.45, 2.75) is 52.9 Å². The Balaban J connectivity index is 2.81. The van der Waals surface area contributed by atoms with E-state index in [1.54, 1.807) is 0 Å². The summed E-state index contributed by atoms with van der Waals surface area (Å²) >= 11 is 0. The van der Waals surface area contributed by atoms with Gasteiger partial charge in [-0.15, -0.1) is 0 Å². The third-order valence-electron chi connectivity index (χ3n) is 3.09. The molecule has 1 fully saturated rings. The summed E-state index contributed by atoms with van der Waals surface area (Å²) in [5.41, 5.74) is -0.662. The van der Waals surface area contributed by atoms with Gasteiger partial charge in [0.1, 0.15) is 5.78 Å². The van der Waals surface area contributed by atoms with Crippen LogP contribution in [0.5, 0.6) is 0 Å². The van der Waals surface area contributed by atoms with Crippen molar-refractivity contribution < 1.29 is 14.7 Å². The van der Waals surface area contributed by atoms with Crippen LogP contribution in [0, 0.1) is 10.8 Å². The van der Waals surface area contributed by atoms with Crippen LogP contribution in [0.3, 0.4) is 0 Å². The third-order valence-corrected chi connectivity index (χ3v) is 3.09. The molecule has 1 saturated carbocycles. The van der Waals surface area contributed by atoms with Crippen LogP contribution >= 0.6 is 0 Å². The number of hydrogen-bond acceptors (Lipinski definition) is 2. The highest BCUT2D eigenvalue weighted by Gasteiger charge is 2.43. The molecular weight excluding hydrogens is 192 g/mol. The molecule has 0 aromatic rings. The molecule has 0 unspecified atom stereocenters. The first-order valence-corrected chi connectivity index (χ1v) is 5.50. The van der Waals surface area contributed by atoms with Crippen LogP contribution in [0.25, 0.3) is 0 Å². The Morgan fingerprint density at radius 1 is 1.33 bits per heavy atom. The zero-order valence-electron chi connectivity index (χ0n) is 9.80. The van der Waals surface area contributed by atoms with E-state index in [1.165, 1.54) is 0 Å². The van der Waals surface area contributed by atoms with Gasteiger partial charge in [0.05, 0.1) is 5.41 Å². The average Bonchev–Trinajstić information content (AvgIpc) is 2.06. The number of carbonyl (C=O) groups excluding carboxylic acids is 1. The minimum absolute atomic E-state index is 0.00121. The average molecular weight is 212 g/mol. The molecule has 0 saturated heterocycles. The van der Waals surface area contributed by atoms with Crippen LogP contribution in [0.15, 0.2) is 0 Å². The van der Waals surface area contributed by atoms with Gasteiger partial charge in [0.15, 0.2) is 0 Å². The number of rotatable bonds is 2.